The Bertz CT molecular complexity index is 1210. The van der Waals surface area contributed by atoms with Crippen LogP contribution in [0.15, 0.2) is 9.59 Å². The number of thiophene rings is 1. The van der Waals surface area contributed by atoms with Crippen molar-refractivity contribution in [1.29, 1.82) is 0 Å². The van der Waals surface area contributed by atoms with Crippen LogP contribution in [-0.4, -0.2) is 30.4 Å². The van der Waals surface area contributed by atoms with E-state index >= 15 is 0 Å². The summed E-state index contributed by atoms with van der Waals surface area (Å²) in [4.78, 5) is 38.7. The molecule has 0 aliphatic heterocycles. The standard InChI is InChI=1S/C20H26N4O4S/c1-9(2)8-24-18-15(17(25)23(6)20(24)28)14(19(26)27)13(29-18)7-12-11(5)21-22-16(12)10(3)4/h9-10H,7-8H2,1-6H3,(H,21,22)(H,26,27). The molecule has 0 spiro atoms. The number of carboxylic acids is 1. The van der Waals surface area contributed by atoms with Crippen LogP contribution in [0.25, 0.3) is 10.2 Å². The van der Waals surface area contributed by atoms with E-state index in [1.165, 1.54) is 23.0 Å². The largest absolute Gasteiger partial charge is 0.478 e. The van der Waals surface area contributed by atoms with Crippen molar-refractivity contribution in [3.8, 4) is 0 Å². The molecular weight excluding hydrogens is 392 g/mol. The van der Waals surface area contributed by atoms with Gasteiger partial charge in [0, 0.05) is 36.1 Å². The Morgan fingerprint density at radius 1 is 1.24 bits per heavy atom. The second-order valence-electron chi connectivity index (χ2n) is 8.08. The third kappa shape index (κ3) is 3.55. The molecule has 3 heterocycles. The van der Waals surface area contributed by atoms with Gasteiger partial charge in [-0.1, -0.05) is 27.7 Å². The number of aromatic amines is 1. The molecule has 3 aromatic rings. The number of aromatic nitrogens is 4. The highest BCUT2D eigenvalue weighted by Crippen LogP contribution is 2.33. The van der Waals surface area contributed by atoms with E-state index in [-0.39, 0.29) is 22.8 Å². The van der Waals surface area contributed by atoms with Gasteiger partial charge in [-0.15, -0.1) is 11.3 Å². The molecule has 0 bridgehead atoms. The van der Waals surface area contributed by atoms with Crippen LogP contribution in [-0.2, 0) is 20.0 Å². The number of hydrogen-bond acceptors (Lipinski definition) is 5. The van der Waals surface area contributed by atoms with Crippen LogP contribution >= 0.6 is 11.3 Å². The second-order valence-corrected chi connectivity index (χ2v) is 9.16. The molecule has 0 saturated heterocycles. The van der Waals surface area contributed by atoms with Crippen LogP contribution in [0, 0.1) is 12.8 Å². The minimum atomic E-state index is -1.16. The van der Waals surface area contributed by atoms with Gasteiger partial charge in [0.25, 0.3) is 5.56 Å². The number of H-pyrrole nitrogens is 1. The third-order valence-corrected chi connectivity index (χ3v) is 6.21. The lowest BCUT2D eigenvalue weighted by Gasteiger charge is -2.11. The molecule has 0 aromatic carbocycles. The molecule has 29 heavy (non-hydrogen) atoms. The molecule has 3 aromatic heterocycles. The molecule has 0 unspecified atom stereocenters. The maximum absolute atomic E-state index is 12.8. The van der Waals surface area contributed by atoms with Crippen LogP contribution < -0.4 is 11.2 Å². The molecule has 156 valence electrons. The summed E-state index contributed by atoms with van der Waals surface area (Å²) < 4.78 is 2.52. The monoisotopic (exact) mass is 418 g/mol. The van der Waals surface area contributed by atoms with E-state index < -0.39 is 17.2 Å². The zero-order valence-corrected chi connectivity index (χ0v) is 18.3. The average molecular weight is 419 g/mol. The van der Waals surface area contributed by atoms with Gasteiger partial charge in [0.15, 0.2) is 0 Å². The minimum absolute atomic E-state index is 0.0154. The summed E-state index contributed by atoms with van der Waals surface area (Å²) in [5.74, 6) is -0.828. The van der Waals surface area contributed by atoms with Crippen molar-refractivity contribution >= 4 is 27.5 Å². The fourth-order valence-electron chi connectivity index (χ4n) is 3.59. The molecule has 0 aliphatic carbocycles. The van der Waals surface area contributed by atoms with Gasteiger partial charge in [0.05, 0.1) is 16.6 Å². The van der Waals surface area contributed by atoms with Gasteiger partial charge in [-0.3, -0.25) is 19.0 Å². The molecule has 2 N–H and O–H groups in total. The quantitative estimate of drug-likeness (QED) is 0.640. The number of hydrogen-bond donors (Lipinski definition) is 2. The van der Waals surface area contributed by atoms with E-state index in [2.05, 4.69) is 10.2 Å². The minimum Gasteiger partial charge on any atom is -0.478 e. The van der Waals surface area contributed by atoms with Gasteiger partial charge >= 0.3 is 11.7 Å². The fraction of sp³-hybridized carbons (Fsp3) is 0.500. The van der Waals surface area contributed by atoms with Gasteiger partial charge < -0.3 is 5.11 Å². The van der Waals surface area contributed by atoms with Crippen molar-refractivity contribution in [2.45, 2.75) is 53.5 Å². The summed E-state index contributed by atoms with van der Waals surface area (Å²) in [6.07, 6.45) is 0.343. The van der Waals surface area contributed by atoms with Crippen molar-refractivity contribution in [3.05, 3.63) is 48.2 Å². The van der Waals surface area contributed by atoms with Crippen LogP contribution in [0.1, 0.15) is 65.8 Å². The first-order valence-corrected chi connectivity index (χ1v) is 10.4. The zero-order valence-electron chi connectivity index (χ0n) is 17.5. The number of nitrogens with one attached hydrogen (secondary N) is 1. The highest BCUT2D eigenvalue weighted by atomic mass is 32.1. The van der Waals surface area contributed by atoms with Gasteiger partial charge in [-0.05, 0) is 18.8 Å². The number of carboxylic acid groups (broad SMARTS) is 1. The maximum atomic E-state index is 12.8. The summed E-state index contributed by atoms with van der Waals surface area (Å²) in [5.41, 5.74) is 1.67. The predicted octanol–water partition coefficient (Wildman–Crippen LogP) is 2.86. The maximum Gasteiger partial charge on any atom is 0.337 e. The molecule has 3 rings (SSSR count). The van der Waals surface area contributed by atoms with Crippen molar-refractivity contribution in [2.75, 3.05) is 0 Å². The topological polar surface area (TPSA) is 110 Å². The fourth-order valence-corrected chi connectivity index (χ4v) is 4.88. The van der Waals surface area contributed by atoms with Crippen LogP contribution in [0.3, 0.4) is 0 Å². The summed E-state index contributed by atoms with van der Waals surface area (Å²) in [6.45, 7) is 10.3. The number of aromatic carboxylic acids is 1. The number of nitrogens with zero attached hydrogens (tertiary/aromatic N) is 3. The van der Waals surface area contributed by atoms with Crippen molar-refractivity contribution < 1.29 is 9.90 Å². The van der Waals surface area contributed by atoms with Crippen molar-refractivity contribution in [2.24, 2.45) is 13.0 Å². The van der Waals surface area contributed by atoms with Gasteiger partial charge in [-0.2, -0.15) is 5.10 Å². The first kappa shape index (κ1) is 21.0. The molecule has 9 heteroatoms. The number of fused-ring (bicyclic) bond motifs is 1. The lowest BCUT2D eigenvalue weighted by atomic mass is 9.99. The van der Waals surface area contributed by atoms with E-state index in [1.807, 2.05) is 34.6 Å². The highest BCUT2D eigenvalue weighted by molar-refractivity contribution is 7.19. The lowest BCUT2D eigenvalue weighted by Crippen LogP contribution is -2.38. The SMILES string of the molecule is Cc1[nH]nc(C(C)C)c1Cc1sc2c(c1C(=O)O)c(=O)n(C)c(=O)n2CC(C)C. The van der Waals surface area contributed by atoms with E-state index in [1.54, 1.807) is 0 Å². The Morgan fingerprint density at radius 2 is 1.90 bits per heavy atom. The molecule has 0 radical (unpaired) electrons. The highest BCUT2D eigenvalue weighted by Gasteiger charge is 2.27. The van der Waals surface area contributed by atoms with E-state index in [0.29, 0.717) is 22.7 Å². The number of aryl methyl sites for hydroxylation is 1. The Morgan fingerprint density at radius 3 is 2.45 bits per heavy atom. The van der Waals surface area contributed by atoms with Crippen molar-refractivity contribution in [1.82, 2.24) is 19.3 Å². The Balaban J connectivity index is 2.35. The first-order chi connectivity index (χ1) is 13.5. The summed E-state index contributed by atoms with van der Waals surface area (Å²) in [5, 5.41) is 17.4. The van der Waals surface area contributed by atoms with Crippen LogP contribution in [0.2, 0.25) is 0 Å². The van der Waals surface area contributed by atoms with E-state index in [4.69, 9.17) is 0 Å². The van der Waals surface area contributed by atoms with Gasteiger partial charge in [0.1, 0.15) is 4.83 Å². The van der Waals surface area contributed by atoms with Crippen LogP contribution in [0.4, 0.5) is 0 Å². The smallest absolute Gasteiger partial charge is 0.337 e. The molecule has 8 nitrogen and oxygen atoms in total. The molecule has 0 fully saturated rings. The molecule has 0 saturated carbocycles. The zero-order chi connectivity index (χ0) is 21.6. The Kier molecular flexibility index (Phi) is 5.53. The van der Waals surface area contributed by atoms with Crippen molar-refractivity contribution in [3.63, 3.8) is 0 Å². The summed E-state index contributed by atoms with van der Waals surface area (Å²) in [7, 11) is 1.39. The predicted molar refractivity (Wildman–Crippen MR) is 113 cm³/mol. The third-order valence-electron chi connectivity index (χ3n) is 5.00. The summed E-state index contributed by atoms with van der Waals surface area (Å²) in [6, 6.07) is 0. The second kappa shape index (κ2) is 7.62. The summed E-state index contributed by atoms with van der Waals surface area (Å²) >= 11 is 1.21. The molecule has 0 atom stereocenters. The van der Waals surface area contributed by atoms with Crippen LogP contribution in [0.5, 0.6) is 0 Å². The molecule has 0 aliphatic rings. The lowest BCUT2D eigenvalue weighted by molar-refractivity contribution is 0.0698. The Hall–Kier alpha value is -2.68. The normalized spacial score (nSPS) is 11.9. The Labute approximate surface area is 171 Å². The van der Waals surface area contributed by atoms with Gasteiger partial charge in [-0.25, -0.2) is 9.59 Å². The van der Waals surface area contributed by atoms with Gasteiger partial charge in [0.2, 0.25) is 0 Å². The average Bonchev–Trinajstić information content (AvgIpc) is 3.18. The number of carbonyl (C=O) groups is 1. The van der Waals surface area contributed by atoms with E-state index in [9.17, 15) is 19.5 Å². The first-order valence-electron chi connectivity index (χ1n) is 9.56. The number of rotatable bonds is 6. The molecular formula is C20H26N4O4S. The van der Waals surface area contributed by atoms with E-state index in [0.717, 1.165) is 21.5 Å². The molecule has 0 amide bonds.